The van der Waals surface area contributed by atoms with Crippen LogP contribution in [-0.2, 0) is 4.79 Å². The molecule has 0 amide bonds. The van der Waals surface area contributed by atoms with E-state index in [1.165, 1.54) is 83.5 Å². The zero-order valence-corrected chi connectivity index (χ0v) is 13.1. The zero-order chi connectivity index (χ0) is 14.0. The predicted octanol–water partition coefficient (Wildman–Crippen LogP) is 4.62. The van der Waals surface area contributed by atoms with Crippen LogP contribution in [0.4, 0.5) is 0 Å². The van der Waals surface area contributed by atoms with Crippen molar-refractivity contribution >= 4 is 6.29 Å². The highest BCUT2D eigenvalue weighted by molar-refractivity contribution is 5.57. The van der Waals surface area contributed by atoms with Crippen molar-refractivity contribution in [1.82, 2.24) is 5.32 Å². The summed E-state index contributed by atoms with van der Waals surface area (Å²) in [4.78, 5) is 11.3. The molecule has 0 bridgehead atoms. The number of carbonyl (C=O) groups is 1. The minimum Gasteiger partial charge on any atom is -0.305 e. The second kappa shape index (κ2) is 9.55. The Morgan fingerprint density at radius 2 is 1.15 bits per heavy atom. The van der Waals surface area contributed by atoms with Gasteiger partial charge in [0.2, 0.25) is 0 Å². The lowest BCUT2D eigenvalue weighted by atomic mass is 9.86. The van der Waals surface area contributed by atoms with Crippen LogP contribution in [0.5, 0.6) is 0 Å². The van der Waals surface area contributed by atoms with Crippen molar-refractivity contribution in [3.63, 3.8) is 0 Å². The number of carbonyl (C=O) groups excluding carboxylic acids is 1. The van der Waals surface area contributed by atoms with Gasteiger partial charge in [-0.3, -0.25) is 0 Å². The molecule has 2 rings (SSSR count). The molecule has 2 aliphatic rings. The van der Waals surface area contributed by atoms with Crippen molar-refractivity contribution in [3.05, 3.63) is 0 Å². The maximum absolute atomic E-state index is 11.3. The molecule has 2 unspecified atom stereocenters. The lowest BCUT2D eigenvalue weighted by Crippen LogP contribution is -2.43. The first-order valence-corrected chi connectivity index (χ1v) is 9.11. The fourth-order valence-electron chi connectivity index (χ4n) is 4.07. The topological polar surface area (TPSA) is 29.1 Å². The van der Waals surface area contributed by atoms with E-state index in [0.717, 1.165) is 18.6 Å². The van der Waals surface area contributed by atoms with Gasteiger partial charge in [-0.25, -0.2) is 0 Å². The number of rotatable bonds is 2. The number of hydrogen-bond acceptors (Lipinski definition) is 2. The van der Waals surface area contributed by atoms with Gasteiger partial charge in [0.25, 0.3) is 0 Å². The highest BCUT2D eigenvalue weighted by atomic mass is 16.1. The third-order valence-electron chi connectivity index (χ3n) is 5.34. The van der Waals surface area contributed by atoms with Crippen LogP contribution in [-0.4, -0.2) is 18.4 Å². The minimum absolute atomic E-state index is 0.116. The van der Waals surface area contributed by atoms with E-state index in [0.29, 0.717) is 6.04 Å². The molecule has 1 heterocycles. The average Bonchev–Trinajstić information content (AvgIpc) is 2.68. The van der Waals surface area contributed by atoms with Crippen LogP contribution >= 0.6 is 0 Å². The summed E-state index contributed by atoms with van der Waals surface area (Å²) >= 11 is 0. The van der Waals surface area contributed by atoms with Crippen molar-refractivity contribution in [3.8, 4) is 0 Å². The fraction of sp³-hybridized carbons (Fsp3) is 0.944. The predicted molar refractivity (Wildman–Crippen MR) is 84.9 cm³/mol. The molecule has 0 radical (unpaired) electrons. The van der Waals surface area contributed by atoms with E-state index in [4.69, 9.17) is 0 Å². The van der Waals surface area contributed by atoms with Crippen molar-refractivity contribution in [2.75, 3.05) is 0 Å². The van der Waals surface area contributed by atoms with Crippen LogP contribution in [0.1, 0.15) is 89.9 Å². The second-order valence-electron chi connectivity index (χ2n) is 6.97. The van der Waals surface area contributed by atoms with Crippen molar-refractivity contribution in [1.29, 1.82) is 0 Å². The first-order valence-electron chi connectivity index (χ1n) is 9.11. The van der Waals surface area contributed by atoms with Gasteiger partial charge in [0.15, 0.2) is 0 Å². The van der Waals surface area contributed by atoms with Crippen LogP contribution in [0.3, 0.4) is 0 Å². The Balaban J connectivity index is 1.94. The van der Waals surface area contributed by atoms with Crippen LogP contribution in [0.25, 0.3) is 0 Å². The summed E-state index contributed by atoms with van der Waals surface area (Å²) in [6.07, 6.45) is 20.0. The molecular formula is C18H33NO. The van der Waals surface area contributed by atoms with Crippen LogP contribution in [0.15, 0.2) is 0 Å². The third kappa shape index (κ3) is 5.55. The van der Waals surface area contributed by atoms with Crippen molar-refractivity contribution in [2.24, 2.45) is 5.92 Å². The number of nitrogens with one attached hydrogen (secondary N) is 1. The maximum atomic E-state index is 11.3. The first-order chi connectivity index (χ1) is 9.90. The Morgan fingerprint density at radius 3 is 1.75 bits per heavy atom. The lowest BCUT2D eigenvalue weighted by molar-refractivity contribution is -0.110. The number of aldehydes is 1. The van der Waals surface area contributed by atoms with Gasteiger partial charge in [-0.1, -0.05) is 64.2 Å². The highest BCUT2D eigenvalue weighted by Gasteiger charge is 2.24. The second-order valence-corrected chi connectivity index (χ2v) is 6.97. The Kier molecular flexibility index (Phi) is 7.64. The Bertz CT molecular complexity index is 256. The molecule has 0 aromatic carbocycles. The Hall–Kier alpha value is -0.370. The largest absolute Gasteiger partial charge is 0.305 e. The average molecular weight is 279 g/mol. The van der Waals surface area contributed by atoms with Crippen molar-refractivity contribution in [2.45, 2.75) is 102 Å². The minimum atomic E-state index is 0.116. The highest BCUT2D eigenvalue weighted by Crippen LogP contribution is 2.28. The maximum Gasteiger partial charge on any atom is 0.136 e. The summed E-state index contributed by atoms with van der Waals surface area (Å²) in [5.74, 6) is 0.814. The van der Waals surface area contributed by atoms with E-state index < -0.39 is 0 Å². The molecule has 1 aliphatic heterocycles. The fourth-order valence-corrected chi connectivity index (χ4v) is 4.07. The van der Waals surface area contributed by atoms with Gasteiger partial charge in [-0.05, 0) is 31.6 Å². The van der Waals surface area contributed by atoms with Gasteiger partial charge in [-0.15, -0.1) is 0 Å². The molecule has 1 saturated heterocycles. The van der Waals surface area contributed by atoms with E-state index in [9.17, 15) is 4.79 Å². The van der Waals surface area contributed by atoms with Gasteiger partial charge in [0.05, 0.1) is 6.04 Å². The summed E-state index contributed by atoms with van der Waals surface area (Å²) in [5.41, 5.74) is 0. The molecule has 116 valence electrons. The van der Waals surface area contributed by atoms with E-state index in [1.807, 2.05) is 0 Å². The Morgan fingerprint density at radius 1 is 0.650 bits per heavy atom. The van der Waals surface area contributed by atoms with E-state index in [1.54, 1.807) is 0 Å². The third-order valence-corrected chi connectivity index (χ3v) is 5.34. The SMILES string of the molecule is O=CC1CCCCCCC(C2CCCCCCCC2)N1. The molecule has 2 nitrogen and oxygen atoms in total. The summed E-state index contributed by atoms with van der Waals surface area (Å²) in [6.45, 7) is 0. The van der Waals surface area contributed by atoms with Crippen molar-refractivity contribution < 1.29 is 4.79 Å². The van der Waals surface area contributed by atoms with Gasteiger partial charge in [0.1, 0.15) is 6.29 Å². The van der Waals surface area contributed by atoms with Gasteiger partial charge in [-0.2, -0.15) is 0 Å². The van der Waals surface area contributed by atoms with Crippen LogP contribution < -0.4 is 5.32 Å². The molecule has 1 N–H and O–H groups in total. The summed E-state index contributed by atoms with van der Waals surface area (Å²) in [5, 5.41) is 3.72. The zero-order valence-electron chi connectivity index (χ0n) is 13.1. The molecule has 0 spiro atoms. The molecular weight excluding hydrogens is 246 g/mol. The summed E-state index contributed by atoms with van der Waals surface area (Å²) in [6, 6.07) is 0.715. The normalized spacial score (nSPS) is 32.0. The molecule has 2 atom stereocenters. The first kappa shape index (κ1) is 16.0. The quantitative estimate of drug-likeness (QED) is 0.747. The monoisotopic (exact) mass is 279 g/mol. The molecule has 20 heavy (non-hydrogen) atoms. The Labute approximate surface area is 125 Å². The molecule has 2 fully saturated rings. The van der Waals surface area contributed by atoms with Gasteiger partial charge >= 0.3 is 0 Å². The standard InChI is InChI=1S/C18H33NO/c20-15-17-13-9-5-6-10-14-18(19-17)16-11-7-3-1-2-4-8-12-16/h15-19H,1-14H2. The van der Waals surface area contributed by atoms with E-state index in [2.05, 4.69) is 5.32 Å². The van der Waals surface area contributed by atoms with Gasteiger partial charge in [0, 0.05) is 6.04 Å². The van der Waals surface area contributed by atoms with Crippen LogP contribution in [0.2, 0.25) is 0 Å². The summed E-state index contributed by atoms with van der Waals surface area (Å²) in [7, 11) is 0. The summed E-state index contributed by atoms with van der Waals surface area (Å²) < 4.78 is 0. The van der Waals surface area contributed by atoms with E-state index in [-0.39, 0.29) is 6.04 Å². The molecule has 1 saturated carbocycles. The smallest absolute Gasteiger partial charge is 0.136 e. The number of hydrogen-bond donors (Lipinski definition) is 1. The molecule has 0 aromatic rings. The lowest BCUT2D eigenvalue weighted by Gasteiger charge is -2.30. The molecule has 1 aliphatic carbocycles. The van der Waals surface area contributed by atoms with Crippen LogP contribution in [0, 0.1) is 5.92 Å². The van der Waals surface area contributed by atoms with Gasteiger partial charge < -0.3 is 10.1 Å². The molecule has 2 heteroatoms. The molecule has 0 aromatic heterocycles. The van der Waals surface area contributed by atoms with E-state index >= 15 is 0 Å².